The smallest absolute Gasteiger partial charge is 0.305 e. The van der Waals surface area contributed by atoms with Crippen LogP contribution in [0.2, 0.25) is 0 Å². The summed E-state index contributed by atoms with van der Waals surface area (Å²) < 4.78 is 5.21. The van der Waals surface area contributed by atoms with Gasteiger partial charge in [0.15, 0.2) is 0 Å². The fourth-order valence-electron chi connectivity index (χ4n) is 2.85. The lowest BCUT2D eigenvalue weighted by Gasteiger charge is -2.25. The molecule has 144 valence electrons. The van der Waals surface area contributed by atoms with E-state index >= 15 is 0 Å². The molecule has 0 aromatic heterocycles. The van der Waals surface area contributed by atoms with Crippen molar-refractivity contribution in [3.63, 3.8) is 0 Å². The van der Waals surface area contributed by atoms with Crippen molar-refractivity contribution >= 4 is 28.6 Å². The second-order valence-corrected chi connectivity index (χ2v) is 6.31. The normalized spacial score (nSPS) is 11.8. The molecule has 0 saturated heterocycles. The van der Waals surface area contributed by atoms with Crippen molar-refractivity contribution in [2.24, 2.45) is 0 Å². The van der Waals surface area contributed by atoms with Crippen LogP contribution in [0.25, 0.3) is 10.8 Å². The summed E-state index contributed by atoms with van der Waals surface area (Å²) in [5, 5.41) is 19.7. The number of carboxylic acid groups (broad SMARTS) is 2. The van der Waals surface area contributed by atoms with Gasteiger partial charge in [0.25, 0.3) is 0 Å². The summed E-state index contributed by atoms with van der Waals surface area (Å²) in [5.74, 6) is -2.12. The molecule has 1 unspecified atom stereocenters. The molecule has 2 N–H and O–H groups in total. The number of benzene rings is 2. The first-order valence-corrected chi connectivity index (χ1v) is 8.62. The first-order valence-electron chi connectivity index (χ1n) is 8.62. The summed E-state index contributed by atoms with van der Waals surface area (Å²) in [7, 11) is 1.60. The minimum absolute atomic E-state index is 0.0173. The predicted octanol–water partition coefficient (Wildman–Crippen LogP) is 2.73. The van der Waals surface area contributed by atoms with E-state index in [0.717, 1.165) is 22.1 Å². The molecule has 0 aliphatic heterocycles. The highest BCUT2D eigenvalue weighted by Gasteiger charge is 2.23. The Morgan fingerprint density at radius 2 is 1.52 bits per heavy atom. The Kier molecular flexibility index (Phi) is 6.76. The van der Waals surface area contributed by atoms with E-state index in [9.17, 15) is 14.4 Å². The van der Waals surface area contributed by atoms with Crippen molar-refractivity contribution in [1.82, 2.24) is 4.90 Å². The van der Waals surface area contributed by atoms with Crippen LogP contribution in [-0.4, -0.2) is 53.2 Å². The molecule has 7 nitrogen and oxygen atoms in total. The van der Waals surface area contributed by atoms with Gasteiger partial charge in [-0.2, -0.15) is 0 Å². The lowest BCUT2D eigenvalue weighted by molar-refractivity contribution is -0.139. The Bertz CT molecular complexity index is 829. The van der Waals surface area contributed by atoms with Gasteiger partial charge in [-0.1, -0.05) is 24.3 Å². The van der Waals surface area contributed by atoms with Crippen LogP contribution >= 0.6 is 0 Å². The maximum Gasteiger partial charge on any atom is 0.305 e. The highest BCUT2D eigenvalue weighted by atomic mass is 16.5. The Morgan fingerprint density at radius 1 is 0.963 bits per heavy atom. The van der Waals surface area contributed by atoms with Gasteiger partial charge in [0.2, 0.25) is 5.91 Å². The van der Waals surface area contributed by atoms with Gasteiger partial charge in [0, 0.05) is 13.1 Å². The van der Waals surface area contributed by atoms with Gasteiger partial charge in [-0.05, 0) is 35.4 Å². The van der Waals surface area contributed by atoms with Crippen LogP contribution in [0.4, 0.5) is 0 Å². The summed E-state index contributed by atoms with van der Waals surface area (Å²) in [5.41, 5.74) is 0.785. The maximum absolute atomic E-state index is 12.8. The van der Waals surface area contributed by atoms with Crippen LogP contribution in [0, 0.1) is 0 Å². The number of carbonyl (C=O) groups is 3. The monoisotopic (exact) mass is 373 g/mol. The third-order valence-electron chi connectivity index (χ3n) is 4.44. The van der Waals surface area contributed by atoms with E-state index in [4.69, 9.17) is 14.9 Å². The van der Waals surface area contributed by atoms with E-state index in [0.29, 0.717) is 0 Å². The van der Waals surface area contributed by atoms with Crippen LogP contribution in [0.5, 0.6) is 5.75 Å². The summed E-state index contributed by atoms with van der Waals surface area (Å²) in [6, 6.07) is 11.3. The van der Waals surface area contributed by atoms with Crippen LogP contribution in [0.1, 0.15) is 31.2 Å². The Morgan fingerprint density at radius 3 is 2.07 bits per heavy atom. The van der Waals surface area contributed by atoms with Gasteiger partial charge in [-0.3, -0.25) is 14.4 Å². The molecule has 2 rings (SSSR count). The molecule has 0 aliphatic rings. The molecule has 2 aromatic rings. The predicted molar refractivity (Wildman–Crippen MR) is 100 cm³/mol. The highest BCUT2D eigenvalue weighted by Crippen LogP contribution is 2.26. The first-order chi connectivity index (χ1) is 12.8. The molecule has 2 aromatic carbocycles. The number of ether oxygens (including phenoxy) is 1. The Balaban J connectivity index is 2.21. The fraction of sp³-hybridized carbons (Fsp3) is 0.350. The number of carbonyl (C=O) groups excluding carboxylic acids is 1. The molecule has 0 spiro atoms. The van der Waals surface area contributed by atoms with Crippen molar-refractivity contribution < 1.29 is 29.3 Å². The lowest BCUT2D eigenvalue weighted by Crippen LogP contribution is -2.37. The number of amides is 1. The van der Waals surface area contributed by atoms with Crippen LogP contribution in [0.3, 0.4) is 0 Å². The number of fused-ring (bicyclic) bond motifs is 1. The number of carboxylic acids is 2. The van der Waals surface area contributed by atoms with Gasteiger partial charge in [0.1, 0.15) is 5.75 Å². The van der Waals surface area contributed by atoms with Crippen LogP contribution in [-0.2, 0) is 14.4 Å². The lowest BCUT2D eigenvalue weighted by atomic mass is 9.96. The minimum atomic E-state index is -1.03. The zero-order chi connectivity index (χ0) is 20.0. The zero-order valence-corrected chi connectivity index (χ0v) is 15.3. The van der Waals surface area contributed by atoms with Crippen molar-refractivity contribution in [3.05, 3.63) is 42.0 Å². The summed E-state index contributed by atoms with van der Waals surface area (Å²) in [6.07, 6.45) is -0.453. The SMILES string of the molecule is COc1ccc2cc(C(C)C(=O)N(CCC(=O)O)CCC(=O)O)ccc2c1. The average molecular weight is 373 g/mol. The van der Waals surface area contributed by atoms with E-state index in [1.54, 1.807) is 14.0 Å². The number of hydrogen-bond donors (Lipinski definition) is 2. The maximum atomic E-state index is 12.8. The van der Waals surface area contributed by atoms with Crippen molar-refractivity contribution in [2.75, 3.05) is 20.2 Å². The van der Waals surface area contributed by atoms with E-state index in [1.165, 1.54) is 4.90 Å². The molecular formula is C20H23NO6. The molecule has 0 aliphatic carbocycles. The van der Waals surface area contributed by atoms with Crippen LogP contribution < -0.4 is 4.74 Å². The summed E-state index contributed by atoms with van der Waals surface area (Å²) >= 11 is 0. The molecule has 27 heavy (non-hydrogen) atoms. The van der Waals surface area contributed by atoms with Crippen molar-refractivity contribution in [3.8, 4) is 5.75 Å². The number of methoxy groups -OCH3 is 1. The molecule has 1 amide bonds. The first kappa shape index (κ1) is 20.2. The van der Waals surface area contributed by atoms with Gasteiger partial charge >= 0.3 is 11.9 Å². The number of aliphatic carboxylic acids is 2. The number of hydrogen-bond acceptors (Lipinski definition) is 4. The number of nitrogens with zero attached hydrogens (tertiary/aromatic N) is 1. The van der Waals surface area contributed by atoms with E-state index in [1.807, 2.05) is 36.4 Å². The summed E-state index contributed by atoms with van der Waals surface area (Å²) in [4.78, 5) is 35.8. The zero-order valence-electron chi connectivity index (χ0n) is 15.3. The second-order valence-electron chi connectivity index (χ2n) is 6.31. The summed E-state index contributed by atoms with van der Waals surface area (Å²) in [6.45, 7) is 1.70. The van der Waals surface area contributed by atoms with Gasteiger partial charge in [-0.15, -0.1) is 0 Å². The molecule has 0 fully saturated rings. The molecule has 1 atom stereocenters. The van der Waals surface area contributed by atoms with Gasteiger partial charge in [-0.25, -0.2) is 0 Å². The highest BCUT2D eigenvalue weighted by molar-refractivity contribution is 5.88. The topological polar surface area (TPSA) is 104 Å². The molecular weight excluding hydrogens is 350 g/mol. The second kappa shape index (κ2) is 9.02. The third-order valence-corrected chi connectivity index (χ3v) is 4.44. The fourth-order valence-corrected chi connectivity index (χ4v) is 2.85. The molecule has 0 bridgehead atoms. The molecule has 0 radical (unpaired) electrons. The van der Waals surface area contributed by atoms with Gasteiger partial charge in [0.05, 0.1) is 25.9 Å². The van der Waals surface area contributed by atoms with Crippen molar-refractivity contribution in [1.29, 1.82) is 0 Å². The van der Waals surface area contributed by atoms with Crippen molar-refractivity contribution in [2.45, 2.75) is 25.7 Å². The number of rotatable bonds is 9. The Hall–Kier alpha value is -3.09. The standard InChI is InChI=1S/C20H23NO6/c1-13(20(26)21(9-7-18(22)23)10-8-19(24)25)14-3-4-16-12-17(27-2)6-5-15(16)11-14/h3-6,11-13H,7-10H2,1-2H3,(H,22,23)(H,24,25). The quantitative estimate of drug-likeness (QED) is 0.700. The van der Waals surface area contributed by atoms with Crippen LogP contribution in [0.15, 0.2) is 36.4 Å². The minimum Gasteiger partial charge on any atom is -0.497 e. The van der Waals surface area contributed by atoms with Gasteiger partial charge < -0.3 is 19.8 Å². The third kappa shape index (κ3) is 5.44. The average Bonchev–Trinajstić information content (AvgIpc) is 2.65. The molecule has 0 heterocycles. The van der Waals surface area contributed by atoms with E-state index in [2.05, 4.69) is 0 Å². The largest absolute Gasteiger partial charge is 0.497 e. The Labute approximate surface area is 157 Å². The molecule has 0 saturated carbocycles. The van der Waals surface area contributed by atoms with E-state index < -0.39 is 17.9 Å². The van der Waals surface area contributed by atoms with E-state index in [-0.39, 0.29) is 31.8 Å². The molecule has 7 heteroatoms.